The smallest absolute Gasteiger partial charge is 0.248 e. The number of primary amides is 1. The minimum atomic E-state index is -0.437. The fourth-order valence-electron chi connectivity index (χ4n) is 2.64. The van der Waals surface area contributed by atoms with E-state index in [1.165, 1.54) is 0 Å². The molecule has 140 valence electrons. The molecule has 0 spiro atoms. The van der Waals surface area contributed by atoms with Crippen LogP contribution in [0.5, 0.6) is 0 Å². The number of hydrogen-bond donors (Lipinski definition) is 3. The number of nitrogens with zero attached hydrogens (tertiary/aromatic N) is 2. The molecular weight excluding hydrogens is 330 g/mol. The standard InChI is InChI=1S/C19H27N5O2/c1-4-16-15(17(5-2)26-24-16)12-23-19(21-6-3)22-11-13-8-7-9-14(10-13)18(20)25/h7-10H,4-6,11-12H2,1-3H3,(H2,20,25)(H2,21,22,23). The second kappa shape index (κ2) is 9.60. The molecule has 7 nitrogen and oxygen atoms in total. The summed E-state index contributed by atoms with van der Waals surface area (Å²) in [6, 6.07) is 7.19. The average molecular weight is 357 g/mol. The topological polar surface area (TPSA) is 106 Å². The highest BCUT2D eigenvalue weighted by Gasteiger charge is 2.13. The quantitative estimate of drug-likeness (QED) is 0.496. The van der Waals surface area contributed by atoms with Crippen molar-refractivity contribution in [1.82, 2.24) is 15.8 Å². The van der Waals surface area contributed by atoms with Crippen LogP contribution in [0.15, 0.2) is 33.8 Å². The predicted octanol–water partition coefficient (Wildman–Crippen LogP) is 2.15. The fraction of sp³-hybridized carbons (Fsp3) is 0.421. The van der Waals surface area contributed by atoms with E-state index in [1.807, 2.05) is 19.1 Å². The molecule has 1 heterocycles. The molecule has 7 heteroatoms. The number of carbonyl (C=O) groups excluding carboxylic acids is 1. The van der Waals surface area contributed by atoms with Gasteiger partial charge in [0.25, 0.3) is 0 Å². The third-order valence-electron chi connectivity index (χ3n) is 4.02. The number of carbonyl (C=O) groups is 1. The van der Waals surface area contributed by atoms with Gasteiger partial charge in [-0.1, -0.05) is 31.1 Å². The van der Waals surface area contributed by atoms with E-state index in [2.05, 4.69) is 34.6 Å². The van der Waals surface area contributed by atoms with E-state index < -0.39 is 5.91 Å². The highest BCUT2D eigenvalue weighted by molar-refractivity contribution is 5.92. The maximum absolute atomic E-state index is 11.3. The van der Waals surface area contributed by atoms with Crippen molar-refractivity contribution in [3.63, 3.8) is 0 Å². The van der Waals surface area contributed by atoms with Crippen LogP contribution in [0, 0.1) is 0 Å². The molecule has 0 radical (unpaired) electrons. The van der Waals surface area contributed by atoms with Crippen molar-refractivity contribution in [3.05, 3.63) is 52.4 Å². The Morgan fingerprint density at radius 2 is 2.04 bits per heavy atom. The highest BCUT2D eigenvalue weighted by atomic mass is 16.5. The van der Waals surface area contributed by atoms with Crippen molar-refractivity contribution in [2.24, 2.45) is 10.7 Å². The Morgan fingerprint density at radius 1 is 1.23 bits per heavy atom. The molecule has 0 fully saturated rings. The van der Waals surface area contributed by atoms with Crippen LogP contribution in [0.3, 0.4) is 0 Å². The van der Waals surface area contributed by atoms with Gasteiger partial charge >= 0.3 is 0 Å². The fourth-order valence-corrected chi connectivity index (χ4v) is 2.64. The first-order chi connectivity index (χ1) is 12.6. The van der Waals surface area contributed by atoms with Gasteiger partial charge in [0.15, 0.2) is 5.96 Å². The molecular formula is C19H27N5O2. The van der Waals surface area contributed by atoms with Gasteiger partial charge in [-0.3, -0.25) is 4.79 Å². The van der Waals surface area contributed by atoms with Crippen LogP contribution in [0.25, 0.3) is 0 Å². The number of hydrogen-bond acceptors (Lipinski definition) is 4. The van der Waals surface area contributed by atoms with Crippen LogP contribution in [0.2, 0.25) is 0 Å². The minimum Gasteiger partial charge on any atom is -0.366 e. The van der Waals surface area contributed by atoms with E-state index in [0.29, 0.717) is 24.6 Å². The summed E-state index contributed by atoms with van der Waals surface area (Å²) in [6.45, 7) is 7.92. The maximum atomic E-state index is 11.3. The van der Waals surface area contributed by atoms with Gasteiger partial charge in [-0.15, -0.1) is 0 Å². The largest absolute Gasteiger partial charge is 0.366 e. The van der Waals surface area contributed by atoms with Gasteiger partial charge in [0.1, 0.15) is 5.76 Å². The van der Waals surface area contributed by atoms with E-state index in [9.17, 15) is 4.79 Å². The lowest BCUT2D eigenvalue weighted by molar-refractivity contribution is 0.1000. The molecule has 0 unspecified atom stereocenters. The van der Waals surface area contributed by atoms with E-state index in [0.717, 1.165) is 42.0 Å². The van der Waals surface area contributed by atoms with E-state index >= 15 is 0 Å². The van der Waals surface area contributed by atoms with Gasteiger partial charge < -0.3 is 20.9 Å². The minimum absolute atomic E-state index is 0.437. The predicted molar refractivity (Wildman–Crippen MR) is 102 cm³/mol. The Morgan fingerprint density at radius 3 is 2.69 bits per heavy atom. The van der Waals surface area contributed by atoms with Crippen LogP contribution in [-0.4, -0.2) is 23.6 Å². The molecule has 2 rings (SSSR count). The normalized spacial score (nSPS) is 11.4. The molecule has 0 saturated heterocycles. The molecule has 4 N–H and O–H groups in total. The number of benzene rings is 1. The SMILES string of the molecule is CCNC(=NCc1cccc(C(N)=O)c1)NCc1c(CC)noc1CC. The Balaban J connectivity index is 2.09. The van der Waals surface area contributed by atoms with Crippen LogP contribution in [0.4, 0.5) is 0 Å². The first kappa shape index (κ1) is 19.5. The molecule has 0 bridgehead atoms. The van der Waals surface area contributed by atoms with Crippen molar-refractivity contribution in [2.75, 3.05) is 6.54 Å². The van der Waals surface area contributed by atoms with Crippen molar-refractivity contribution in [1.29, 1.82) is 0 Å². The Hall–Kier alpha value is -2.83. The molecule has 0 aliphatic heterocycles. The number of aryl methyl sites for hydroxylation is 2. The summed E-state index contributed by atoms with van der Waals surface area (Å²) >= 11 is 0. The van der Waals surface area contributed by atoms with Crippen molar-refractivity contribution < 1.29 is 9.32 Å². The molecule has 0 aliphatic carbocycles. The van der Waals surface area contributed by atoms with Gasteiger partial charge in [-0.05, 0) is 31.0 Å². The van der Waals surface area contributed by atoms with Crippen molar-refractivity contribution >= 4 is 11.9 Å². The van der Waals surface area contributed by atoms with Gasteiger partial charge in [0.2, 0.25) is 5.91 Å². The molecule has 0 saturated carbocycles. The molecule has 1 amide bonds. The van der Waals surface area contributed by atoms with Gasteiger partial charge in [0.05, 0.1) is 12.2 Å². The molecule has 1 aromatic carbocycles. The average Bonchev–Trinajstić information content (AvgIpc) is 3.06. The first-order valence-corrected chi connectivity index (χ1v) is 8.96. The zero-order chi connectivity index (χ0) is 18.9. The zero-order valence-corrected chi connectivity index (χ0v) is 15.6. The van der Waals surface area contributed by atoms with Crippen LogP contribution in [-0.2, 0) is 25.9 Å². The second-order valence-electron chi connectivity index (χ2n) is 5.85. The summed E-state index contributed by atoms with van der Waals surface area (Å²) in [7, 11) is 0. The summed E-state index contributed by atoms with van der Waals surface area (Å²) < 4.78 is 5.40. The lowest BCUT2D eigenvalue weighted by Crippen LogP contribution is -2.37. The van der Waals surface area contributed by atoms with Crippen molar-refractivity contribution in [2.45, 2.75) is 46.7 Å². The maximum Gasteiger partial charge on any atom is 0.248 e. The third kappa shape index (κ3) is 5.08. The number of aliphatic imine (C=N–C) groups is 1. The monoisotopic (exact) mass is 357 g/mol. The summed E-state index contributed by atoms with van der Waals surface area (Å²) in [4.78, 5) is 15.9. The van der Waals surface area contributed by atoms with Gasteiger partial charge in [-0.2, -0.15) is 0 Å². The highest BCUT2D eigenvalue weighted by Crippen LogP contribution is 2.15. The number of guanidine groups is 1. The number of nitrogens with one attached hydrogen (secondary N) is 2. The summed E-state index contributed by atoms with van der Waals surface area (Å²) in [5.41, 5.74) is 8.80. The van der Waals surface area contributed by atoms with E-state index in [4.69, 9.17) is 10.3 Å². The summed E-state index contributed by atoms with van der Waals surface area (Å²) in [5, 5.41) is 10.7. The van der Waals surface area contributed by atoms with Crippen molar-refractivity contribution in [3.8, 4) is 0 Å². The van der Waals surface area contributed by atoms with Gasteiger partial charge in [0, 0.05) is 30.6 Å². The molecule has 1 aromatic heterocycles. The van der Waals surface area contributed by atoms with E-state index in [1.54, 1.807) is 12.1 Å². The lowest BCUT2D eigenvalue weighted by Gasteiger charge is -2.12. The van der Waals surface area contributed by atoms with E-state index in [-0.39, 0.29) is 0 Å². The summed E-state index contributed by atoms with van der Waals surface area (Å²) in [5.74, 6) is 1.16. The lowest BCUT2D eigenvalue weighted by atomic mass is 10.1. The number of nitrogens with two attached hydrogens (primary N) is 1. The molecule has 2 aromatic rings. The van der Waals surface area contributed by atoms with Gasteiger partial charge in [-0.25, -0.2) is 4.99 Å². The molecule has 26 heavy (non-hydrogen) atoms. The number of amides is 1. The Bertz CT molecular complexity index is 746. The second-order valence-corrected chi connectivity index (χ2v) is 5.85. The Kier molecular flexibility index (Phi) is 7.20. The Labute approximate surface area is 154 Å². The van der Waals surface area contributed by atoms with Crippen LogP contribution in [0.1, 0.15) is 53.7 Å². The summed E-state index contributed by atoms with van der Waals surface area (Å²) in [6.07, 6.45) is 1.63. The first-order valence-electron chi connectivity index (χ1n) is 8.96. The van der Waals surface area contributed by atoms with Crippen LogP contribution >= 0.6 is 0 Å². The van der Waals surface area contributed by atoms with Crippen LogP contribution < -0.4 is 16.4 Å². The third-order valence-corrected chi connectivity index (χ3v) is 4.02. The zero-order valence-electron chi connectivity index (χ0n) is 15.6. The number of aromatic nitrogens is 1. The number of rotatable bonds is 8. The molecule has 0 aliphatic rings. The molecule has 0 atom stereocenters.